The number of carbonyl (C=O) groups excluding carboxylic acids is 3. The third kappa shape index (κ3) is 4.18. The second kappa shape index (κ2) is 8.14. The van der Waals surface area contributed by atoms with Gasteiger partial charge < -0.3 is 9.64 Å². The quantitative estimate of drug-likeness (QED) is 0.712. The summed E-state index contributed by atoms with van der Waals surface area (Å²) in [6.45, 7) is 8.38. The van der Waals surface area contributed by atoms with Gasteiger partial charge in [-0.05, 0) is 45.4 Å². The number of nitrogens with zero attached hydrogens (tertiary/aromatic N) is 2. The number of Topliss-reactive ketones (excluding diaryl/α,β-unsaturated/α-hetero) is 1. The van der Waals surface area contributed by atoms with Crippen LogP contribution in [-0.4, -0.2) is 48.2 Å². The second-order valence-corrected chi connectivity index (χ2v) is 6.25. The summed E-state index contributed by atoms with van der Waals surface area (Å²) in [5.41, 5.74) is 0.969. The highest BCUT2D eigenvalue weighted by atomic mass is 16.5. The Hall–Kier alpha value is -2.37. The number of amides is 2. The van der Waals surface area contributed by atoms with E-state index in [2.05, 4.69) is 6.92 Å². The lowest BCUT2D eigenvalue weighted by atomic mass is 10.1. The van der Waals surface area contributed by atoms with E-state index >= 15 is 0 Å². The van der Waals surface area contributed by atoms with E-state index in [1.807, 2.05) is 6.92 Å². The summed E-state index contributed by atoms with van der Waals surface area (Å²) in [4.78, 5) is 40.1. The molecule has 2 rings (SSSR count). The number of ketones is 1. The summed E-state index contributed by atoms with van der Waals surface area (Å²) in [5, 5.41) is 0. The molecule has 0 radical (unpaired) electrons. The van der Waals surface area contributed by atoms with Gasteiger partial charge in [-0.15, -0.1) is 0 Å². The molecule has 6 heteroatoms. The van der Waals surface area contributed by atoms with E-state index < -0.39 is 6.10 Å². The van der Waals surface area contributed by atoms with Gasteiger partial charge in [0.2, 0.25) is 5.91 Å². The van der Waals surface area contributed by atoms with Crippen LogP contribution in [-0.2, 0) is 9.59 Å². The molecule has 0 saturated heterocycles. The van der Waals surface area contributed by atoms with Gasteiger partial charge in [0, 0.05) is 18.7 Å². The molecule has 1 aromatic rings. The molecule has 1 heterocycles. The van der Waals surface area contributed by atoms with Crippen LogP contribution in [0.3, 0.4) is 0 Å². The van der Waals surface area contributed by atoms with Crippen molar-refractivity contribution in [3.63, 3.8) is 0 Å². The van der Waals surface area contributed by atoms with Gasteiger partial charge in [0.05, 0.1) is 5.69 Å². The first-order chi connectivity index (χ1) is 11.9. The van der Waals surface area contributed by atoms with Gasteiger partial charge in [-0.1, -0.05) is 13.3 Å². The van der Waals surface area contributed by atoms with Crippen LogP contribution in [0.4, 0.5) is 5.69 Å². The van der Waals surface area contributed by atoms with Crippen LogP contribution in [0.5, 0.6) is 5.75 Å². The lowest BCUT2D eigenvalue weighted by Crippen LogP contribution is -2.49. The first kappa shape index (κ1) is 19.0. The lowest BCUT2D eigenvalue weighted by Gasteiger charge is -2.34. The number of fused-ring (bicyclic) bond motifs is 1. The number of hydrogen-bond donors (Lipinski definition) is 0. The first-order valence-corrected chi connectivity index (χ1v) is 8.79. The average Bonchev–Trinajstić information content (AvgIpc) is 2.59. The Balaban J connectivity index is 2.30. The van der Waals surface area contributed by atoms with Crippen LogP contribution in [0.15, 0.2) is 18.2 Å². The zero-order valence-corrected chi connectivity index (χ0v) is 15.4. The van der Waals surface area contributed by atoms with Crippen LogP contribution in [0.2, 0.25) is 0 Å². The van der Waals surface area contributed by atoms with Gasteiger partial charge in [-0.25, -0.2) is 0 Å². The molecule has 0 bridgehead atoms. The van der Waals surface area contributed by atoms with Crippen molar-refractivity contribution in [3.8, 4) is 5.75 Å². The number of ether oxygens (including phenoxy) is 1. The maximum absolute atomic E-state index is 12.7. The van der Waals surface area contributed by atoms with Gasteiger partial charge in [0.15, 0.2) is 11.9 Å². The van der Waals surface area contributed by atoms with E-state index in [4.69, 9.17) is 4.74 Å². The predicted molar refractivity (Wildman–Crippen MR) is 96.1 cm³/mol. The Morgan fingerprint density at radius 2 is 2.00 bits per heavy atom. The average molecular weight is 346 g/mol. The smallest absolute Gasteiger partial charge is 0.268 e. The lowest BCUT2D eigenvalue weighted by molar-refractivity contribution is -0.133. The number of unbranched alkanes of at least 4 members (excludes halogenated alkanes) is 1. The number of benzene rings is 1. The number of rotatable bonds is 7. The van der Waals surface area contributed by atoms with Gasteiger partial charge in [0.25, 0.3) is 5.91 Å². The van der Waals surface area contributed by atoms with Crippen LogP contribution in [0.1, 0.15) is 50.9 Å². The molecular formula is C19H26N2O4. The van der Waals surface area contributed by atoms with Gasteiger partial charge in [-0.3, -0.25) is 19.3 Å². The van der Waals surface area contributed by atoms with Crippen molar-refractivity contribution in [2.24, 2.45) is 0 Å². The minimum Gasteiger partial charge on any atom is -0.479 e. The molecule has 1 unspecified atom stereocenters. The Morgan fingerprint density at radius 3 is 2.60 bits per heavy atom. The number of likely N-dealkylation sites (N-methyl/N-ethyl adjacent to an activating group) is 1. The molecule has 1 atom stereocenters. The van der Waals surface area contributed by atoms with Crippen molar-refractivity contribution < 1.29 is 19.1 Å². The van der Waals surface area contributed by atoms with Crippen molar-refractivity contribution in [3.05, 3.63) is 23.8 Å². The van der Waals surface area contributed by atoms with Gasteiger partial charge in [-0.2, -0.15) is 0 Å². The summed E-state index contributed by atoms with van der Waals surface area (Å²) >= 11 is 0. The van der Waals surface area contributed by atoms with Crippen molar-refractivity contribution >= 4 is 23.3 Å². The maximum Gasteiger partial charge on any atom is 0.268 e. The summed E-state index contributed by atoms with van der Waals surface area (Å²) in [6.07, 6.45) is 1.27. The molecule has 1 aliphatic heterocycles. The van der Waals surface area contributed by atoms with Crippen LogP contribution >= 0.6 is 0 Å². The van der Waals surface area contributed by atoms with Crippen LogP contribution < -0.4 is 9.64 Å². The maximum atomic E-state index is 12.7. The Kier molecular flexibility index (Phi) is 6.17. The molecule has 1 aliphatic rings. The summed E-state index contributed by atoms with van der Waals surface area (Å²) in [5.74, 6) is 0.0467. The fourth-order valence-corrected chi connectivity index (χ4v) is 2.83. The summed E-state index contributed by atoms with van der Waals surface area (Å²) in [6, 6.07) is 4.97. The predicted octanol–water partition coefficient (Wildman–Crippen LogP) is 2.65. The SMILES string of the molecule is CCCCN(CC)C(=O)CN1C(=O)C(C)Oc2ccc(C(C)=O)cc21. The Bertz CT molecular complexity index is 671. The van der Waals surface area contributed by atoms with Gasteiger partial charge >= 0.3 is 0 Å². The molecule has 6 nitrogen and oxygen atoms in total. The van der Waals surface area contributed by atoms with Crippen molar-refractivity contribution in [1.82, 2.24) is 4.90 Å². The van der Waals surface area contributed by atoms with E-state index in [0.717, 1.165) is 12.8 Å². The monoisotopic (exact) mass is 346 g/mol. The Morgan fingerprint density at radius 1 is 1.28 bits per heavy atom. The fraction of sp³-hybridized carbons (Fsp3) is 0.526. The molecular weight excluding hydrogens is 320 g/mol. The van der Waals surface area contributed by atoms with Crippen LogP contribution in [0, 0.1) is 0 Å². The first-order valence-electron chi connectivity index (χ1n) is 8.79. The molecule has 136 valence electrons. The number of hydrogen-bond acceptors (Lipinski definition) is 4. The minimum absolute atomic E-state index is 0.0432. The minimum atomic E-state index is -0.658. The standard InChI is InChI=1S/C19H26N2O4/c1-5-7-10-20(6-2)18(23)12-21-16-11-15(13(3)22)8-9-17(16)25-14(4)19(21)24/h8-9,11,14H,5-7,10,12H2,1-4H3. The molecule has 0 N–H and O–H groups in total. The second-order valence-electron chi connectivity index (χ2n) is 6.25. The van der Waals surface area contributed by atoms with Crippen molar-refractivity contribution in [1.29, 1.82) is 0 Å². The Labute approximate surface area is 148 Å². The third-order valence-electron chi connectivity index (χ3n) is 4.38. The highest BCUT2D eigenvalue weighted by Crippen LogP contribution is 2.35. The topological polar surface area (TPSA) is 66.9 Å². The van der Waals surface area contributed by atoms with Crippen LogP contribution in [0.25, 0.3) is 0 Å². The van der Waals surface area contributed by atoms with E-state index in [0.29, 0.717) is 30.1 Å². The summed E-state index contributed by atoms with van der Waals surface area (Å²) < 4.78 is 5.61. The molecule has 0 saturated carbocycles. The largest absolute Gasteiger partial charge is 0.479 e. The molecule has 0 fully saturated rings. The summed E-state index contributed by atoms with van der Waals surface area (Å²) in [7, 11) is 0. The van der Waals surface area contributed by atoms with E-state index in [-0.39, 0.29) is 24.1 Å². The normalized spacial score (nSPS) is 16.2. The third-order valence-corrected chi connectivity index (χ3v) is 4.38. The van der Waals surface area contributed by atoms with E-state index in [1.54, 1.807) is 30.0 Å². The van der Waals surface area contributed by atoms with Gasteiger partial charge in [0.1, 0.15) is 12.3 Å². The molecule has 0 aliphatic carbocycles. The number of carbonyl (C=O) groups is 3. The van der Waals surface area contributed by atoms with E-state index in [1.165, 1.54) is 11.8 Å². The van der Waals surface area contributed by atoms with Crippen molar-refractivity contribution in [2.75, 3.05) is 24.5 Å². The highest BCUT2D eigenvalue weighted by Gasteiger charge is 2.33. The highest BCUT2D eigenvalue weighted by molar-refractivity contribution is 6.05. The molecule has 0 spiro atoms. The van der Waals surface area contributed by atoms with Crippen molar-refractivity contribution in [2.45, 2.75) is 46.6 Å². The zero-order valence-electron chi connectivity index (χ0n) is 15.4. The fourth-order valence-electron chi connectivity index (χ4n) is 2.83. The molecule has 0 aromatic heterocycles. The molecule has 25 heavy (non-hydrogen) atoms. The number of anilines is 1. The molecule has 1 aromatic carbocycles. The zero-order chi connectivity index (χ0) is 18.6. The van der Waals surface area contributed by atoms with E-state index in [9.17, 15) is 14.4 Å². The molecule has 2 amide bonds.